The Morgan fingerprint density at radius 2 is 2.50 bits per heavy atom. The molecule has 0 bridgehead atoms. The van der Waals surface area contributed by atoms with Crippen LogP contribution in [0.1, 0.15) is 0 Å². The zero-order valence-corrected chi connectivity index (χ0v) is 5.64. The van der Waals surface area contributed by atoms with Crippen LogP contribution in [0.15, 0.2) is 10.9 Å². The van der Waals surface area contributed by atoms with Gasteiger partial charge in [0.25, 0.3) is 5.56 Å². The van der Waals surface area contributed by atoms with Gasteiger partial charge in [-0.15, -0.1) is 0 Å². The maximum absolute atomic E-state index is 10.7. The lowest BCUT2D eigenvalue weighted by Gasteiger charge is -1.95. The number of anilines is 1. The Morgan fingerprint density at radius 1 is 1.80 bits per heavy atom. The van der Waals surface area contributed by atoms with Gasteiger partial charge < -0.3 is 5.43 Å². The molecule has 54 valence electrons. The third-order valence-corrected chi connectivity index (χ3v) is 1.12. The highest BCUT2D eigenvalue weighted by molar-refractivity contribution is 6.29. The molecule has 0 aromatic carbocycles. The Bertz CT molecular complexity index is 283. The molecular formula is C4H5ClN4O. The first-order valence-electron chi connectivity index (χ1n) is 2.46. The zero-order valence-electron chi connectivity index (χ0n) is 4.89. The van der Waals surface area contributed by atoms with Crippen molar-refractivity contribution in [2.75, 3.05) is 5.43 Å². The fraction of sp³-hybridized carbons (Fsp3) is 0. The zero-order chi connectivity index (χ0) is 7.56. The third-order valence-electron chi connectivity index (χ3n) is 0.928. The average molecular weight is 161 g/mol. The molecule has 0 saturated heterocycles. The van der Waals surface area contributed by atoms with E-state index in [-0.39, 0.29) is 10.8 Å². The molecule has 0 aliphatic rings. The summed E-state index contributed by atoms with van der Waals surface area (Å²) in [7, 11) is 0. The summed E-state index contributed by atoms with van der Waals surface area (Å²) in [6, 6.07) is 1.33. The molecule has 1 rings (SSSR count). The van der Waals surface area contributed by atoms with Crippen molar-refractivity contribution in [3.63, 3.8) is 0 Å². The van der Waals surface area contributed by atoms with Crippen LogP contribution in [-0.2, 0) is 0 Å². The molecule has 0 spiro atoms. The molecule has 1 aromatic rings. The smallest absolute Gasteiger partial charge is 0.288 e. The van der Waals surface area contributed by atoms with Crippen molar-refractivity contribution in [1.82, 2.24) is 10.2 Å². The van der Waals surface area contributed by atoms with Crippen molar-refractivity contribution >= 4 is 17.3 Å². The summed E-state index contributed by atoms with van der Waals surface area (Å²) in [6.07, 6.45) is 0. The van der Waals surface area contributed by atoms with Gasteiger partial charge >= 0.3 is 0 Å². The molecule has 6 heteroatoms. The van der Waals surface area contributed by atoms with Gasteiger partial charge in [-0.05, 0) is 0 Å². The van der Waals surface area contributed by atoms with E-state index in [2.05, 4.69) is 15.6 Å². The van der Waals surface area contributed by atoms with Crippen LogP contribution in [0.3, 0.4) is 0 Å². The van der Waals surface area contributed by atoms with Crippen LogP contribution in [0.5, 0.6) is 0 Å². The number of nitrogen functional groups attached to an aromatic ring is 1. The maximum atomic E-state index is 10.7. The van der Waals surface area contributed by atoms with Gasteiger partial charge in [0.05, 0.1) is 0 Å². The van der Waals surface area contributed by atoms with Crippen molar-refractivity contribution in [1.29, 1.82) is 0 Å². The van der Waals surface area contributed by atoms with E-state index in [1.165, 1.54) is 6.07 Å². The highest BCUT2D eigenvalue weighted by Crippen LogP contribution is 2.03. The number of hydrazine groups is 1. The van der Waals surface area contributed by atoms with Crippen molar-refractivity contribution < 1.29 is 0 Å². The van der Waals surface area contributed by atoms with Crippen LogP contribution in [0.4, 0.5) is 5.69 Å². The molecule has 0 atom stereocenters. The molecule has 1 heterocycles. The van der Waals surface area contributed by atoms with Crippen molar-refractivity contribution in [3.8, 4) is 0 Å². The first kappa shape index (κ1) is 7.04. The summed E-state index contributed by atoms with van der Waals surface area (Å²) >= 11 is 5.42. The maximum Gasteiger partial charge on any atom is 0.288 e. The average Bonchev–Trinajstić information content (AvgIpc) is 1.94. The van der Waals surface area contributed by atoms with Gasteiger partial charge in [0.1, 0.15) is 5.69 Å². The lowest BCUT2D eigenvalue weighted by Crippen LogP contribution is -2.19. The largest absolute Gasteiger partial charge is 0.319 e. The molecule has 4 N–H and O–H groups in total. The molecule has 1 aromatic heterocycles. The summed E-state index contributed by atoms with van der Waals surface area (Å²) in [6.45, 7) is 0. The second kappa shape index (κ2) is 2.68. The number of halogens is 1. The Hall–Kier alpha value is -1.07. The molecule has 0 radical (unpaired) electrons. The highest BCUT2D eigenvalue weighted by atomic mass is 35.5. The minimum atomic E-state index is -0.396. The minimum Gasteiger partial charge on any atom is -0.319 e. The summed E-state index contributed by atoms with van der Waals surface area (Å²) in [5, 5.41) is 5.75. The summed E-state index contributed by atoms with van der Waals surface area (Å²) in [5.74, 6) is 4.96. The van der Waals surface area contributed by atoms with Crippen LogP contribution in [0.2, 0.25) is 5.15 Å². The molecule has 10 heavy (non-hydrogen) atoms. The van der Waals surface area contributed by atoms with Gasteiger partial charge in [-0.25, -0.2) is 5.10 Å². The van der Waals surface area contributed by atoms with Gasteiger partial charge in [0.15, 0.2) is 5.15 Å². The van der Waals surface area contributed by atoms with E-state index in [4.69, 9.17) is 17.4 Å². The molecule has 0 aliphatic carbocycles. The quantitative estimate of drug-likeness (QED) is 0.389. The van der Waals surface area contributed by atoms with E-state index in [1.54, 1.807) is 0 Å². The highest BCUT2D eigenvalue weighted by Gasteiger charge is 1.96. The second-order valence-corrected chi connectivity index (χ2v) is 1.97. The standard InChI is InChI=1S/C4H5ClN4O/c5-3-1-2(7-6)4(10)9-8-3/h1H,6H2,(H,7,8)(H,9,10). The van der Waals surface area contributed by atoms with Crippen LogP contribution in [-0.4, -0.2) is 10.2 Å². The summed E-state index contributed by atoms with van der Waals surface area (Å²) in [5.41, 5.74) is 1.97. The van der Waals surface area contributed by atoms with E-state index in [0.29, 0.717) is 0 Å². The molecule has 0 unspecified atom stereocenters. The Kier molecular flexibility index (Phi) is 1.88. The number of nitrogens with one attached hydrogen (secondary N) is 2. The van der Waals surface area contributed by atoms with Gasteiger partial charge in [-0.1, -0.05) is 11.6 Å². The van der Waals surface area contributed by atoms with Crippen molar-refractivity contribution in [3.05, 3.63) is 21.6 Å². The van der Waals surface area contributed by atoms with E-state index >= 15 is 0 Å². The Labute approximate surface area is 61.2 Å². The van der Waals surface area contributed by atoms with E-state index in [0.717, 1.165) is 0 Å². The fourth-order valence-corrected chi connectivity index (χ4v) is 0.640. The van der Waals surface area contributed by atoms with Crippen molar-refractivity contribution in [2.24, 2.45) is 5.84 Å². The fourth-order valence-electron chi connectivity index (χ4n) is 0.489. The number of hydrogen-bond donors (Lipinski definition) is 3. The second-order valence-electron chi connectivity index (χ2n) is 1.58. The predicted molar refractivity (Wildman–Crippen MR) is 37.7 cm³/mol. The van der Waals surface area contributed by atoms with Gasteiger partial charge in [-0.3, -0.25) is 10.6 Å². The molecular weight excluding hydrogens is 156 g/mol. The van der Waals surface area contributed by atoms with Gasteiger partial charge in [0.2, 0.25) is 0 Å². The lowest BCUT2D eigenvalue weighted by molar-refractivity contribution is 0.986. The predicted octanol–water partition coefficient (Wildman–Crippen LogP) is -0.291. The van der Waals surface area contributed by atoms with Crippen LogP contribution in [0, 0.1) is 0 Å². The number of hydrogen-bond acceptors (Lipinski definition) is 4. The number of nitrogens with zero attached hydrogens (tertiary/aromatic N) is 1. The minimum absolute atomic E-state index is 0.188. The first-order chi connectivity index (χ1) is 4.74. The summed E-state index contributed by atoms with van der Waals surface area (Å²) in [4.78, 5) is 10.7. The topological polar surface area (TPSA) is 83.8 Å². The van der Waals surface area contributed by atoms with Crippen LogP contribution < -0.4 is 16.8 Å². The van der Waals surface area contributed by atoms with E-state index in [1.807, 2.05) is 0 Å². The van der Waals surface area contributed by atoms with Crippen molar-refractivity contribution in [2.45, 2.75) is 0 Å². The monoisotopic (exact) mass is 160 g/mol. The van der Waals surface area contributed by atoms with Crippen LogP contribution in [0.25, 0.3) is 0 Å². The van der Waals surface area contributed by atoms with Gasteiger partial charge in [-0.2, -0.15) is 5.10 Å². The molecule has 0 aliphatic heterocycles. The lowest BCUT2D eigenvalue weighted by atomic mass is 10.5. The van der Waals surface area contributed by atoms with E-state index in [9.17, 15) is 4.79 Å². The number of aromatic nitrogens is 2. The normalized spacial score (nSPS) is 9.40. The number of aromatic amines is 1. The number of nitrogens with two attached hydrogens (primary N) is 1. The summed E-state index contributed by atoms with van der Waals surface area (Å²) < 4.78 is 0. The van der Waals surface area contributed by atoms with Gasteiger partial charge in [0, 0.05) is 6.07 Å². The molecule has 0 amide bonds. The molecule has 0 saturated carbocycles. The molecule has 0 fully saturated rings. The SMILES string of the molecule is NNc1cc(Cl)n[nH]c1=O. The Morgan fingerprint density at radius 3 is 3.00 bits per heavy atom. The Balaban J connectivity index is 3.22. The number of H-pyrrole nitrogens is 1. The third kappa shape index (κ3) is 1.26. The first-order valence-corrected chi connectivity index (χ1v) is 2.83. The molecule has 5 nitrogen and oxygen atoms in total. The van der Waals surface area contributed by atoms with E-state index < -0.39 is 5.56 Å². The number of rotatable bonds is 1. The van der Waals surface area contributed by atoms with Crippen LogP contribution >= 0.6 is 11.6 Å².